The lowest BCUT2D eigenvalue weighted by atomic mass is 10.0. The fourth-order valence-electron chi connectivity index (χ4n) is 5.12. The lowest BCUT2D eigenvalue weighted by Gasteiger charge is -2.41. The molecule has 1 saturated heterocycles. The van der Waals surface area contributed by atoms with Crippen molar-refractivity contribution >= 4 is 68.1 Å². The number of hydrogen-bond acceptors (Lipinski definition) is 6. The van der Waals surface area contributed by atoms with Crippen LogP contribution in [0.2, 0.25) is 5.02 Å². The molecule has 4 aromatic rings. The lowest BCUT2D eigenvalue weighted by molar-refractivity contribution is -0.128. The fraction of sp³-hybridized carbons (Fsp3) is 0.321. The molecule has 2 amide bonds. The van der Waals surface area contributed by atoms with Crippen molar-refractivity contribution in [3.8, 4) is 0 Å². The SMILES string of the molecule is CC1CN(c2c(N(C)C=O)cnc3c2cc(Cl)c2c3oc3cccc(F)c32)CCN1C(=O)/C=C/CN(C)C. The second-order valence-electron chi connectivity index (χ2n) is 9.87. The molecule has 38 heavy (non-hydrogen) atoms. The van der Waals surface area contributed by atoms with Crippen molar-refractivity contribution in [2.75, 3.05) is 57.1 Å². The van der Waals surface area contributed by atoms with E-state index in [4.69, 9.17) is 16.0 Å². The smallest absolute Gasteiger partial charge is 0.246 e. The van der Waals surface area contributed by atoms with Crippen molar-refractivity contribution in [1.29, 1.82) is 0 Å². The topological polar surface area (TPSA) is 73.1 Å². The minimum Gasteiger partial charge on any atom is -0.454 e. The van der Waals surface area contributed by atoms with Gasteiger partial charge in [0.2, 0.25) is 12.3 Å². The molecule has 2 aromatic heterocycles. The van der Waals surface area contributed by atoms with Crippen LogP contribution in [0.1, 0.15) is 6.92 Å². The van der Waals surface area contributed by atoms with Gasteiger partial charge in [-0.2, -0.15) is 0 Å². The van der Waals surface area contributed by atoms with Crippen molar-refractivity contribution in [1.82, 2.24) is 14.8 Å². The number of nitrogens with zero attached hydrogens (tertiary/aromatic N) is 5. The van der Waals surface area contributed by atoms with Crippen LogP contribution in [0.4, 0.5) is 15.8 Å². The van der Waals surface area contributed by atoms with Crippen LogP contribution in [-0.2, 0) is 9.59 Å². The highest BCUT2D eigenvalue weighted by Crippen LogP contribution is 2.44. The molecular weight excluding hydrogens is 509 g/mol. The number of pyridine rings is 1. The summed E-state index contributed by atoms with van der Waals surface area (Å²) in [4.78, 5) is 36.7. The number of carbonyl (C=O) groups excluding carboxylic acids is 2. The van der Waals surface area contributed by atoms with Gasteiger partial charge in [0, 0.05) is 50.7 Å². The van der Waals surface area contributed by atoms with Crippen molar-refractivity contribution in [2.24, 2.45) is 0 Å². The van der Waals surface area contributed by atoms with Crippen LogP contribution in [0.25, 0.3) is 32.8 Å². The third kappa shape index (κ3) is 4.46. The molecule has 0 spiro atoms. The molecule has 1 atom stereocenters. The molecule has 2 aromatic carbocycles. The van der Waals surface area contributed by atoms with E-state index in [1.807, 2.05) is 36.9 Å². The summed E-state index contributed by atoms with van der Waals surface area (Å²) >= 11 is 6.75. The van der Waals surface area contributed by atoms with E-state index in [2.05, 4.69) is 9.88 Å². The van der Waals surface area contributed by atoms with Gasteiger partial charge in [-0.15, -0.1) is 0 Å². The number of carbonyl (C=O) groups is 2. The molecule has 1 aliphatic heterocycles. The maximum Gasteiger partial charge on any atom is 0.246 e. The fourth-order valence-corrected chi connectivity index (χ4v) is 5.41. The van der Waals surface area contributed by atoms with E-state index in [1.54, 1.807) is 37.5 Å². The molecule has 0 saturated carbocycles. The van der Waals surface area contributed by atoms with E-state index >= 15 is 0 Å². The number of rotatable bonds is 6. The monoisotopic (exact) mass is 537 g/mol. The van der Waals surface area contributed by atoms with Crippen LogP contribution >= 0.6 is 11.6 Å². The third-order valence-electron chi connectivity index (χ3n) is 6.95. The highest BCUT2D eigenvalue weighted by atomic mass is 35.5. The molecule has 1 fully saturated rings. The summed E-state index contributed by atoms with van der Waals surface area (Å²) in [6.45, 7) is 4.28. The number of furan rings is 1. The maximum atomic E-state index is 14.7. The van der Waals surface area contributed by atoms with E-state index in [-0.39, 0.29) is 11.9 Å². The first-order valence-electron chi connectivity index (χ1n) is 12.4. The number of hydrogen-bond donors (Lipinski definition) is 0. The molecule has 0 radical (unpaired) electrons. The van der Waals surface area contributed by atoms with Gasteiger partial charge in [0.15, 0.2) is 5.58 Å². The Morgan fingerprint density at radius 1 is 1.26 bits per heavy atom. The number of likely N-dealkylation sites (N-methyl/N-ethyl adjacent to an activating group) is 1. The van der Waals surface area contributed by atoms with Gasteiger partial charge in [0.05, 0.1) is 33.4 Å². The Kier molecular flexibility index (Phi) is 6.98. The highest BCUT2D eigenvalue weighted by Gasteiger charge is 2.30. The molecular formula is C28H29ClFN5O3. The minimum atomic E-state index is -0.422. The van der Waals surface area contributed by atoms with Gasteiger partial charge in [-0.25, -0.2) is 9.37 Å². The van der Waals surface area contributed by atoms with Gasteiger partial charge < -0.3 is 24.0 Å². The summed E-state index contributed by atoms with van der Waals surface area (Å²) in [5.41, 5.74) is 2.66. The number of piperazine rings is 1. The van der Waals surface area contributed by atoms with Gasteiger partial charge in [-0.3, -0.25) is 9.59 Å². The van der Waals surface area contributed by atoms with Gasteiger partial charge in [0.25, 0.3) is 0 Å². The maximum absolute atomic E-state index is 14.7. The van der Waals surface area contributed by atoms with E-state index in [9.17, 15) is 14.0 Å². The largest absolute Gasteiger partial charge is 0.454 e. The number of halogens is 2. The number of amides is 2. The molecule has 0 aliphatic carbocycles. The van der Waals surface area contributed by atoms with Gasteiger partial charge >= 0.3 is 0 Å². The highest BCUT2D eigenvalue weighted by molar-refractivity contribution is 6.40. The molecule has 1 aliphatic rings. The predicted molar refractivity (Wildman–Crippen MR) is 150 cm³/mol. The van der Waals surface area contributed by atoms with Crippen molar-refractivity contribution < 1.29 is 18.4 Å². The zero-order valence-electron chi connectivity index (χ0n) is 21.7. The molecule has 8 nitrogen and oxygen atoms in total. The molecule has 3 heterocycles. The Labute approximate surface area is 224 Å². The van der Waals surface area contributed by atoms with Crippen LogP contribution in [0, 0.1) is 5.82 Å². The zero-order chi connectivity index (χ0) is 27.1. The molecule has 198 valence electrons. The second kappa shape index (κ2) is 10.2. The average Bonchev–Trinajstić information content (AvgIpc) is 3.29. The number of anilines is 2. The second-order valence-corrected chi connectivity index (χ2v) is 10.3. The first-order chi connectivity index (χ1) is 18.2. The van der Waals surface area contributed by atoms with Gasteiger partial charge in [-0.05, 0) is 39.2 Å². The molecule has 5 rings (SSSR count). The third-order valence-corrected chi connectivity index (χ3v) is 7.25. The quantitative estimate of drug-likeness (QED) is 0.263. The number of benzene rings is 2. The van der Waals surface area contributed by atoms with Crippen LogP contribution in [-0.4, -0.2) is 80.5 Å². The Hall–Kier alpha value is -3.69. The Balaban J connectivity index is 1.61. The molecule has 0 bridgehead atoms. The van der Waals surface area contributed by atoms with E-state index in [0.29, 0.717) is 69.7 Å². The van der Waals surface area contributed by atoms with E-state index in [0.717, 1.165) is 12.1 Å². The van der Waals surface area contributed by atoms with E-state index < -0.39 is 5.82 Å². The van der Waals surface area contributed by atoms with Crippen LogP contribution < -0.4 is 9.80 Å². The number of fused-ring (bicyclic) bond motifs is 5. The normalized spacial score (nSPS) is 16.4. The number of aromatic nitrogens is 1. The molecule has 10 heteroatoms. The van der Waals surface area contributed by atoms with Gasteiger partial charge in [-0.1, -0.05) is 23.7 Å². The van der Waals surface area contributed by atoms with Crippen molar-refractivity contribution in [3.63, 3.8) is 0 Å². The van der Waals surface area contributed by atoms with Crippen molar-refractivity contribution in [3.05, 3.63) is 53.5 Å². The van der Waals surface area contributed by atoms with Crippen LogP contribution in [0.15, 0.2) is 47.0 Å². The first-order valence-corrected chi connectivity index (χ1v) is 12.8. The van der Waals surface area contributed by atoms with Crippen molar-refractivity contribution in [2.45, 2.75) is 13.0 Å². The first kappa shape index (κ1) is 25.9. The Morgan fingerprint density at radius 3 is 2.76 bits per heavy atom. The summed E-state index contributed by atoms with van der Waals surface area (Å²) in [5, 5.41) is 1.80. The Morgan fingerprint density at radius 2 is 2.05 bits per heavy atom. The van der Waals surface area contributed by atoms with Crippen LogP contribution in [0.5, 0.6) is 0 Å². The predicted octanol–water partition coefficient (Wildman–Crippen LogP) is 4.67. The van der Waals surface area contributed by atoms with E-state index in [1.165, 1.54) is 11.0 Å². The summed E-state index contributed by atoms with van der Waals surface area (Å²) in [6, 6.07) is 6.33. The average molecular weight is 538 g/mol. The molecule has 1 unspecified atom stereocenters. The summed E-state index contributed by atoms with van der Waals surface area (Å²) < 4.78 is 20.8. The minimum absolute atomic E-state index is 0.0297. The summed E-state index contributed by atoms with van der Waals surface area (Å²) in [6.07, 6.45) is 5.83. The summed E-state index contributed by atoms with van der Waals surface area (Å²) in [7, 11) is 5.56. The molecule has 0 N–H and O–H groups in total. The lowest BCUT2D eigenvalue weighted by Crippen LogP contribution is -2.54. The Bertz CT molecular complexity index is 1580. The van der Waals surface area contributed by atoms with Crippen LogP contribution in [0.3, 0.4) is 0 Å². The van der Waals surface area contributed by atoms with Gasteiger partial charge in [0.1, 0.15) is 16.9 Å². The summed E-state index contributed by atoms with van der Waals surface area (Å²) in [5.74, 6) is -0.452. The standard InChI is InChI=1S/C28H29ClFN5O3/c1-17-15-34(11-12-35(17)23(37)9-6-10-32(2)3)27-18-13-19(29)24-25-20(30)7-5-8-22(25)38-28(24)26(18)31-14-21(27)33(4)16-36/h5-9,13-14,16-17H,10-12,15H2,1-4H3/b9-6+. The zero-order valence-corrected chi connectivity index (χ0v) is 22.5.